The number of hydrogen-bond acceptors (Lipinski definition) is 5. The van der Waals surface area contributed by atoms with Crippen LogP contribution in [-0.2, 0) is 19.1 Å². The summed E-state index contributed by atoms with van der Waals surface area (Å²) in [5.74, 6) is -1.75. The molecule has 3 N–H and O–H groups in total. The predicted octanol–water partition coefficient (Wildman–Crippen LogP) is 3.55. The van der Waals surface area contributed by atoms with E-state index in [1.165, 1.54) is 0 Å². The number of aliphatic carboxylic acids is 1. The van der Waals surface area contributed by atoms with Crippen LogP contribution in [0.2, 0.25) is 0 Å². The molecular weight excluding hydrogens is 448 g/mol. The van der Waals surface area contributed by atoms with E-state index in [-0.39, 0.29) is 31.6 Å². The summed E-state index contributed by atoms with van der Waals surface area (Å²) in [5, 5.41) is 15.1. The summed E-state index contributed by atoms with van der Waals surface area (Å²) in [6.07, 6.45) is 0.359. The lowest BCUT2D eigenvalue weighted by Crippen LogP contribution is -2.54. The van der Waals surface area contributed by atoms with Crippen LogP contribution < -0.4 is 10.6 Å². The predicted molar refractivity (Wildman–Crippen MR) is 130 cm³/mol. The van der Waals surface area contributed by atoms with Crippen molar-refractivity contribution in [2.24, 2.45) is 11.3 Å². The number of fused-ring (bicyclic) bond motifs is 3. The zero-order chi connectivity index (χ0) is 25.0. The van der Waals surface area contributed by atoms with E-state index in [0.717, 1.165) is 22.3 Å². The Morgan fingerprint density at radius 2 is 1.71 bits per heavy atom. The number of rotatable bonds is 8. The van der Waals surface area contributed by atoms with Crippen LogP contribution in [0.3, 0.4) is 0 Å². The molecule has 0 radical (unpaired) electrons. The van der Waals surface area contributed by atoms with Gasteiger partial charge in [0.05, 0.1) is 6.61 Å². The second-order valence-corrected chi connectivity index (χ2v) is 9.65. The highest BCUT2D eigenvalue weighted by Crippen LogP contribution is 2.44. The van der Waals surface area contributed by atoms with E-state index < -0.39 is 29.4 Å². The van der Waals surface area contributed by atoms with Gasteiger partial charge in [0.15, 0.2) is 0 Å². The molecular formula is C27H32N2O6. The number of amides is 2. The monoisotopic (exact) mass is 480 g/mol. The molecule has 35 heavy (non-hydrogen) atoms. The highest BCUT2D eigenvalue weighted by Gasteiger charge is 2.41. The molecule has 0 saturated carbocycles. The molecule has 0 spiro atoms. The SMILES string of the molecule is CC(C)[C@@H](NC(=O)OCC1c2ccccc2-c2ccccc21)C(=O)NCC1(C(=O)O)CCCOC1. The molecule has 2 atom stereocenters. The van der Waals surface area contributed by atoms with Crippen LogP contribution >= 0.6 is 0 Å². The van der Waals surface area contributed by atoms with Gasteiger partial charge in [-0.05, 0) is 41.0 Å². The molecule has 1 unspecified atom stereocenters. The third-order valence-corrected chi connectivity index (χ3v) is 6.94. The molecule has 2 amide bonds. The molecule has 1 fully saturated rings. The molecule has 186 valence electrons. The van der Waals surface area contributed by atoms with Gasteiger partial charge in [0.25, 0.3) is 0 Å². The first-order valence-electron chi connectivity index (χ1n) is 12.0. The van der Waals surface area contributed by atoms with Crippen LogP contribution in [0.5, 0.6) is 0 Å². The first kappa shape index (κ1) is 24.7. The summed E-state index contributed by atoms with van der Waals surface area (Å²) in [6.45, 7) is 4.27. The first-order chi connectivity index (χ1) is 16.8. The van der Waals surface area contributed by atoms with Crippen molar-refractivity contribution < 1.29 is 29.0 Å². The van der Waals surface area contributed by atoms with Crippen molar-refractivity contribution in [3.8, 4) is 11.1 Å². The Morgan fingerprint density at radius 3 is 2.26 bits per heavy atom. The van der Waals surface area contributed by atoms with Gasteiger partial charge in [0.1, 0.15) is 18.1 Å². The standard InChI is InChI=1S/C27H32N2O6/c1-17(2)23(24(30)28-15-27(25(31)32)12-7-13-34-16-27)29-26(33)35-14-22-20-10-5-3-8-18(20)19-9-4-6-11-21(19)22/h3-6,8-11,17,22-23H,7,12-16H2,1-2H3,(H,28,30)(H,29,33)(H,31,32)/t23-,27?/m1/s1. The van der Waals surface area contributed by atoms with Gasteiger partial charge in [-0.2, -0.15) is 0 Å². The number of carboxylic acids is 1. The van der Waals surface area contributed by atoms with Crippen LogP contribution in [-0.4, -0.2) is 55.5 Å². The highest BCUT2D eigenvalue weighted by atomic mass is 16.5. The molecule has 1 heterocycles. The van der Waals surface area contributed by atoms with E-state index in [1.54, 1.807) is 0 Å². The minimum Gasteiger partial charge on any atom is -0.481 e. The summed E-state index contributed by atoms with van der Waals surface area (Å²) < 4.78 is 10.9. The van der Waals surface area contributed by atoms with E-state index in [1.807, 2.05) is 50.2 Å². The fourth-order valence-electron chi connectivity index (χ4n) is 4.90. The Kier molecular flexibility index (Phi) is 7.40. The number of ether oxygens (including phenoxy) is 2. The quantitative estimate of drug-likeness (QED) is 0.533. The number of hydrogen-bond donors (Lipinski definition) is 3. The Labute approximate surface area is 205 Å². The van der Waals surface area contributed by atoms with E-state index >= 15 is 0 Å². The molecule has 8 nitrogen and oxygen atoms in total. The van der Waals surface area contributed by atoms with Crippen molar-refractivity contribution in [2.75, 3.05) is 26.4 Å². The van der Waals surface area contributed by atoms with Gasteiger partial charge < -0.3 is 25.2 Å². The topological polar surface area (TPSA) is 114 Å². The molecule has 1 saturated heterocycles. The Hall–Kier alpha value is -3.39. The van der Waals surface area contributed by atoms with Crippen LogP contribution in [0.1, 0.15) is 43.7 Å². The number of carbonyl (C=O) groups is 3. The van der Waals surface area contributed by atoms with Crippen molar-refractivity contribution in [2.45, 2.75) is 38.6 Å². The lowest BCUT2D eigenvalue weighted by atomic mass is 9.82. The number of carboxylic acid groups (broad SMARTS) is 1. The molecule has 2 aromatic carbocycles. The van der Waals surface area contributed by atoms with Gasteiger partial charge >= 0.3 is 12.1 Å². The lowest BCUT2D eigenvalue weighted by molar-refractivity contribution is -0.157. The van der Waals surface area contributed by atoms with Gasteiger partial charge in [-0.3, -0.25) is 9.59 Å². The zero-order valence-electron chi connectivity index (χ0n) is 20.1. The summed E-state index contributed by atoms with van der Waals surface area (Å²) in [7, 11) is 0. The molecule has 8 heteroatoms. The molecule has 2 aliphatic rings. The third kappa shape index (κ3) is 5.17. The zero-order valence-corrected chi connectivity index (χ0v) is 20.1. The van der Waals surface area contributed by atoms with Crippen LogP contribution in [0.25, 0.3) is 11.1 Å². The Balaban J connectivity index is 1.37. The number of nitrogens with one attached hydrogen (secondary N) is 2. The van der Waals surface area contributed by atoms with Crippen molar-refractivity contribution >= 4 is 18.0 Å². The first-order valence-corrected chi connectivity index (χ1v) is 12.0. The number of carbonyl (C=O) groups excluding carboxylic acids is 2. The van der Waals surface area contributed by atoms with Crippen molar-refractivity contribution in [1.82, 2.24) is 10.6 Å². The molecule has 1 aliphatic carbocycles. The molecule has 4 rings (SSSR count). The number of alkyl carbamates (subject to hydrolysis) is 1. The summed E-state index contributed by atoms with van der Waals surface area (Å²) in [5.41, 5.74) is 3.33. The van der Waals surface area contributed by atoms with Crippen LogP contribution in [0, 0.1) is 11.3 Å². The number of benzene rings is 2. The average Bonchev–Trinajstić information content (AvgIpc) is 3.18. The maximum absolute atomic E-state index is 12.9. The summed E-state index contributed by atoms with van der Waals surface area (Å²) in [6, 6.07) is 15.3. The molecule has 0 aromatic heterocycles. The third-order valence-electron chi connectivity index (χ3n) is 6.94. The maximum Gasteiger partial charge on any atom is 0.407 e. The average molecular weight is 481 g/mol. The van der Waals surface area contributed by atoms with Gasteiger partial charge in [-0.1, -0.05) is 62.4 Å². The van der Waals surface area contributed by atoms with Crippen LogP contribution in [0.4, 0.5) is 4.79 Å². The lowest BCUT2D eigenvalue weighted by Gasteiger charge is -2.33. The van der Waals surface area contributed by atoms with Gasteiger partial charge in [-0.25, -0.2) is 4.79 Å². The minimum atomic E-state index is -1.15. The van der Waals surface area contributed by atoms with Crippen molar-refractivity contribution in [1.29, 1.82) is 0 Å². The van der Waals surface area contributed by atoms with Gasteiger partial charge in [0.2, 0.25) is 5.91 Å². The highest BCUT2D eigenvalue weighted by molar-refractivity contribution is 5.87. The fraction of sp³-hybridized carbons (Fsp3) is 0.444. The largest absolute Gasteiger partial charge is 0.481 e. The van der Waals surface area contributed by atoms with E-state index in [2.05, 4.69) is 22.8 Å². The van der Waals surface area contributed by atoms with Crippen molar-refractivity contribution in [3.05, 3.63) is 59.7 Å². The van der Waals surface area contributed by atoms with E-state index in [9.17, 15) is 19.5 Å². The molecule has 1 aliphatic heterocycles. The second-order valence-electron chi connectivity index (χ2n) is 9.65. The fourth-order valence-corrected chi connectivity index (χ4v) is 4.90. The van der Waals surface area contributed by atoms with E-state index in [4.69, 9.17) is 9.47 Å². The van der Waals surface area contributed by atoms with Gasteiger partial charge in [-0.15, -0.1) is 0 Å². The smallest absolute Gasteiger partial charge is 0.407 e. The second kappa shape index (κ2) is 10.5. The van der Waals surface area contributed by atoms with Crippen molar-refractivity contribution in [3.63, 3.8) is 0 Å². The Bertz CT molecular complexity index is 1050. The van der Waals surface area contributed by atoms with E-state index in [0.29, 0.717) is 19.4 Å². The molecule has 0 bridgehead atoms. The minimum absolute atomic E-state index is 0.0504. The summed E-state index contributed by atoms with van der Waals surface area (Å²) in [4.78, 5) is 37.4. The van der Waals surface area contributed by atoms with Crippen LogP contribution in [0.15, 0.2) is 48.5 Å². The van der Waals surface area contributed by atoms with Gasteiger partial charge in [0, 0.05) is 19.1 Å². The Morgan fingerprint density at radius 1 is 1.09 bits per heavy atom. The molecule has 2 aromatic rings. The summed E-state index contributed by atoms with van der Waals surface area (Å²) >= 11 is 0. The normalized spacial score (nSPS) is 20.0. The maximum atomic E-state index is 12.9.